The summed E-state index contributed by atoms with van der Waals surface area (Å²) in [6.45, 7) is 0. The smallest absolute Gasteiger partial charge is 0.417 e. The predicted molar refractivity (Wildman–Crippen MR) is 81.0 cm³/mol. The number of hydrogen-bond acceptors (Lipinski definition) is 5. The number of aromatic nitrogens is 3. The molecule has 0 saturated heterocycles. The Hall–Kier alpha value is -3.55. The number of benzene rings is 1. The first-order chi connectivity index (χ1) is 11.1. The molecule has 0 aliphatic heterocycles. The molecule has 0 bridgehead atoms. The van der Waals surface area contributed by atoms with Crippen molar-refractivity contribution in [2.75, 3.05) is 0 Å². The van der Waals surface area contributed by atoms with Crippen molar-refractivity contribution in [3.05, 3.63) is 65.1 Å². The van der Waals surface area contributed by atoms with Crippen LogP contribution in [0, 0.1) is 10.1 Å². The molecule has 0 aliphatic rings. The average Bonchev–Trinajstić information content (AvgIpc) is 3.01. The van der Waals surface area contributed by atoms with E-state index in [2.05, 4.69) is 9.97 Å². The molecule has 0 amide bonds. The highest BCUT2D eigenvalue weighted by molar-refractivity contribution is 5.78. The molecule has 0 spiro atoms. The molecule has 0 atom stereocenters. The van der Waals surface area contributed by atoms with Gasteiger partial charge in [-0.25, -0.2) is 14.3 Å². The molecule has 0 unspecified atom stereocenters. The zero-order valence-electron chi connectivity index (χ0n) is 11.7. The first-order valence-corrected chi connectivity index (χ1v) is 6.54. The Balaban J connectivity index is 2.09. The van der Waals surface area contributed by atoms with E-state index in [1.807, 2.05) is 0 Å². The molecule has 0 saturated carbocycles. The lowest BCUT2D eigenvalue weighted by Crippen LogP contribution is -2.08. The fraction of sp³-hybridized carbons (Fsp3) is 0. The van der Waals surface area contributed by atoms with Gasteiger partial charge in [-0.2, -0.15) is 0 Å². The van der Waals surface area contributed by atoms with Crippen LogP contribution in [0.1, 0.15) is 0 Å². The predicted octanol–water partition coefficient (Wildman–Crippen LogP) is 3.05. The van der Waals surface area contributed by atoms with Crippen LogP contribution in [-0.4, -0.2) is 30.7 Å². The van der Waals surface area contributed by atoms with Crippen LogP contribution in [0.25, 0.3) is 22.6 Å². The SMILES string of the molecule is O=C(O)n1cc(-c2cccnc2)nc1-c1ccc([N+](=O)[O-])cc1. The van der Waals surface area contributed by atoms with Crippen LogP contribution < -0.4 is 0 Å². The van der Waals surface area contributed by atoms with Crippen molar-refractivity contribution < 1.29 is 14.8 Å². The highest BCUT2D eigenvalue weighted by Gasteiger charge is 2.17. The number of nitro groups is 1. The van der Waals surface area contributed by atoms with Crippen molar-refractivity contribution in [2.24, 2.45) is 0 Å². The molecule has 8 nitrogen and oxygen atoms in total. The Morgan fingerprint density at radius 3 is 2.48 bits per heavy atom. The summed E-state index contributed by atoms with van der Waals surface area (Å²) < 4.78 is 0.976. The summed E-state index contributed by atoms with van der Waals surface area (Å²) in [6.07, 6.45) is 3.38. The molecule has 3 rings (SSSR count). The molecule has 114 valence electrons. The first kappa shape index (κ1) is 14.4. The molecule has 23 heavy (non-hydrogen) atoms. The van der Waals surface area contributed by atoms with Gasteiger partial charge in [-0.3, -0.25) is 15.1 Å². The van der Waals surface area contributed by atoms with Crippen LogP contribution in [0.15, 0.2) is 55.0 Å². The maximum absolute atomic E-state index is 11.4. The van der Waals surface area contributed by atoms with Gasteiger partial charge in [-0.1, -0.05) is 0 Å². The third-order valence-electron chi connectivity index (χ3n) is 3.21. The van der Waals surface area contributed by atoms with E-state index in [0.29, 0.717) is 16.8 Å². The number of pyridine rings is 1. The fourth-order valence-corrected chi connectivity index (χ4v) is 2.12. The molecule has 2 aromatic heterocycles. The number of rotatable bonds is 3. The largest absolute Gasteiger partial charge is 0.464 e. The van der Waals surface area contributed by atoms with Gasteiger partial charge in [0, 0.05) is 41.9 Å². The minimum absolute atomic E-state index is 0.0744. The molecule has 1 aromatic carbocycles. The second kappa shape index (κ2) is 5.68. The summed E-state index contributed by atoms with van der Waals surface area (Å²) in [5.74, 6) is 0.186. The van der Waals surface area contributed by atoms with Crippen molar-refractivity contribution in [1.82, 2.24) is 14.5 Å². The van der Waals surface area contributed by atoms with E-state index in [-0.39, 0.29) is 11.5 Å². The van der Waals surface area contributed by atoms with Gasteiger partial charge < -0.3 is 5.11 Å². The number of imidazole rings is 1. The quantitative estimate of drug-likeness (QED) is 0.588. The molecule has 2 heterocycles. The number of nitro benzene ring substituents is 1. The van der Waals surface area contributed by atoms with Crippen molar-refractivity contribution in [3.8, 4) is 22.6 Å². The summed E-state index contributed by atoms with van der Waals surface area (Å²) in [7, 11) is 0. The van der Waals surface area contributed by atoms with Gasteiger partial charge in [-0.15, -0.1) is 0 Å². The molecule has 0 aliphatic carbocycles. The summed E-state index contributed by atoms with van der Waals surface area (Å²) >= 11 is 0. The van der Waals surface area contributed by atoms with Gasteiger partial charge in [0.1, 0.15) is 5.82 Å². The number of nitrogens with zero attached hydrogens (tertiary/aromatic N) is 4. The van der Waals surface area contributed by atoms with Crippen molar-refractivity contribution in [2.45, 2.75) is 0 Å². The zero-order valence-corrected chi connectivity index (χ0v) is 11.7. The molecule has 3 aromatic rings. The molecular formula is C15H10N4O4. The molecule has 8 heteroatoms. The minimum Gasteiger partial charge on any atom is -0.464 e. The molecule has 0 fully saturated rings. The van der Waals surface area contributed by atoms with Crippen molar-refractivity contribution >= 4 is 11.8 Å². The lowest BCUT2D eigenvalue weighted by Gasteiger charge is -2.01. The maximum Gasteiger partial charge on any atom is 0.417 e. The van der Waals surface area contributed by atoms with E-state index in [1.165, 1.54) is 30.5 Å². The molecule has 1 N–H and O–H groups in total. The Labute approximate surface area is 129 Å². The van der Waals surface area contributed by atoms with Crippen LogP contribution in [-0.2, 0) is 0 Å². The summed E-state index contributed by atoms with van der Waals surface area (Å²) in [5, 5.41) is 20.0. The number of carbonyl (C=O) groups is 1. The van der Waals surface area contributed by atoms with Crippen LogP contribution in [0.2, 0.25) is 0 Å². The average molecular weight is 310 g/mol. The second-order valence-corrected chi connectivity index (χ2v) is 4.65. The monoisotopic (exact) mass is 310 g/mol. The minimum atomic E-state index is -1.19. The number of carboxylic acid groups (broad SMARTS) is 1. The Kier molecular flexibility index (Phi) is 3.55. The summed E-state index contributed by atoms with van der Waals surface area (Å²) in [5.41, 5.74) is 1.52. The third kappa shape index (κ3) is 2.77. The number of hydrogen-bond donors (Lipinski definition) is 1. The first-order valence-electron chi connectivity index (χ1n) is 6.54. The lowest BCUT2D eigenvalue weighted by atomic mass is 10.2. The zero-order chi connectivity index (χ0) is 16.4. The van der Waals surface area contributed by atoms with E-state index >= 15 is 0 Å². The topological polar surface area (TPSA) is 111 Å². The van der Waals surface area contributed by atoms with E-state index in [0.717, 1.165) is 4.57 Å². The van der Waals surface area contributed by atoms with Crippen molar-refractivity contribution in [3.63, 3.8) is 0 Å². The standard InChI is InChI=1S/C15H10N4O4/c20-15(21)18-9-13(11-2-1-7-16-8-11)17-14(18)10-3-5-12(6-4-10)19(22)23/h1-9H,(H,20,21). The van der Waals surface area contributed by atoms with Gasteiger partial charge >= 0.3 is 6.09 Å². The fourth-order valence-electron chi connectivity index (χ4n) is 2.12. The molecular weight excluding hydrogens is 300 g/mol. The van der Waals surface area contributed by atoms with E-state index in [1.54, 1.807) is 24.5 Å². The summed E-state index contributed by atoms with van der Waals surface area (Å²) in [4.78, 5) is 29.9. The van der Waals surface area contributed by atoms with E-state index in [9.17, 15) is 20.0 Å². The summed E-state index contributed by atoms with van der Waals surface area (Å²) in [6, 6.07) is 9.03. The van der Waals surface area contributed by atoms with Crippen LogP contribution in [0.3, 0.4) is 0 Å². The van der Waals surface area contributed by atoms with Gasteiger partial charge in [0.25, 0.3) is 5.69 Å². The van der Waals surface area contributed by atoms with Crippen LogP contribution in [0.4, 0.5) is 10.5 Å². The third-order valence-corrected chi connectivity index (χ3v) is 3.21. The highest BCUT2D eigenvalue weighted by atomic mass is 16.6. The van der Waals surface area contributed by atoms with Gasteiger partial charge in [0.2, 0.25) is 0 Å². The molecule has 0 radical (unpaired) electrons. The Bertz CT molecular complexity index is 872. The highest BCUT2D eigenvalue weighted by Crippen LogP contribution is 2.26. The number of non-ortho nitro benzene ring substituents is 1. The van der Waals surface area contributed by atoms with E-state index < -0.39 is 11.0 Å². The van der Waals surface area contributed by atoms with Crippen molar-refractivity contribution in [1.29, 1.82) is 0 Å². The second-order valence-electron chi connectivity index (χ2n) is 4.65. The van der Waals surface area contributed by atoms with Gasteiger partial charge in [-0.05, 0) is 24.3 Å². The Morgan fingerprint density at radius 1 is 1.17 bits per heavy atom. The van der Waals surface area contributed by atoms with Gasteiger partial charge in [0.15, 0.2) is 0 Å². The van der Waals surface area contributed by atoms with Gasteiger partial charge in [0.05, 0.1) is 10.6 Å². The lowest BCUT2D eigenvalue weighted by molar-refractivity contribution is -0.384. The van der Waals surface area contributed by atoms with Crippen LogP contribution in [0.5, 0.6) is 0 Å². The van der Waals surface area contributed by atoms with Crippen LogP contribution >= 0.6 is 0 Å². The maximum atomic E-state index is 11.4. The van der Waals surface area contributed by atoms with E-state index in [4.69, 9.17) is 0 Å². The normalized spacial score (nSPS) is 10.4. The Morgan fingerprint density at radius 2 is 1.91 bits per heavy atom.